The van der Waals surface area contributed by atoms with Crippen molar-refractivity contribution in [2.24, 2.45) is 0 Å². The zero-order valence-corrected chi connectivity index (χ0v) is 13.0. The van der Waals surface area contributed by atoms with Gasteiger partial charge in [-0.05, 0) is 42.5 Å². The van der Waals surface area contributed by atoms with Gasteiger partial charge in [0, 0.05) is 31.2 Å². The van der Waals surface area contributed by atoms with Crippen molar-refractivity contribution in [1.82, 2.24) is 14.9 Å². The highest BCUT2D eigenvalue weighted by atomic mass is 16.5. The van der Waals surface area contributed by atoms with Crippen molar-refractivity contribution in [3.8, 4) is 11.6 Å². The number of amides is 1. The molecule has 0 spiro atoms. The molecule has 6 heteroatoms. The normalized spacial score (nSPS) is 10.2. The Morgan fingerprint density at radius 1 is 1.04 bits per heavy atom. The molecule has 6 nitrogen and oxygen atoms in total. The van der Waals surface area contributed by atoms with Gasteiger partial charge >= 0.3 is 5.97 Å². The zero-order chi connectivity index (χ0) is 16.9. The fourth-order valence-electron chi connectivity index (χ4n) is 2.16. The summed E-state index contributed by atoms with van der Waals surface area (Å²) < 4.78 is 7.14. The number of rotatable bonds is 4. The molecule has 1 amide bonds. The molecular weight excluding hydrogens is 306 g/mol. The molecular formula is C18H15N3O3. The lowest BCUT2D eigenvalue weighted by atomic mass is 10.2. The van der Waals surface area contributed by atoms with E-state index in [-0.39, 0.29) is 5.91 Å². The van der Waals surface area contributed by atoms with Crippen LogP contribution in [0.4, 0.5) is 0 Å². The molecule has 2 heterocycles. The largest absolute Gasteiger partial charge is 0.423 e. The third-order valence-corrected chi connectivity index (χ3v) is 3.39. The Kier molecular flexibility index (Phi) is 4.38. The van der Waals surface area contributed by atoms with E-state index in [1.54, 1.807) is 37.4 Å². The quantitative estimate of drug-likeness (QED) is 0.592. The molecule has 0 saturated heterocycles. The third-order valence-electron chi connectivity index (χ3n) is 3.39. The summed E-state index contributed by atoms with van der Waals surface area (Å²) in [6, 6.07) is 13.6. The number of ether oxygens (including phenoxy) is 1. The van der Waals surface area contributed by atoms with E-state index in [1.807, 2.05) is 29.1 Å². The van der Waals surface area contributed by atoms with E-state index in [0.717, 1.165) is 0 Å². The Balaban J connectivity index is 1.74. The van der Waals surface area contributed by atoms with Gasteiger partial charge in [0.2, 0.25) is 0 Å². The summed E-state index contributed by atoms with van der Waals surface area (Å²) >= 11 is 0. The minimum Gasteiger partial charge on any atom is -0.423 e. The minimum atomic E-state index is -0.532. The SMILES string of the molecule is CNC(=O)c1cccc(OC(=O)c2ccc(-n3cccc3)nc2)c1. The maximum absolute atomic E-state index is 12.2. The number of aromatic nitrogens is 2. The molecule has 0 fully saturated rings. The minimum absolute atomic E-state index is 0.245. The summed E-state index contributed by atoms with van der Waals surface area (Å²) in [6.45, 7) is 0. The van der Waals surface area contributed by atoms with Crippen molar-refractivity contribution < 1.29 is 14.3 Å². The van der Waals surface area contributed by atoms with E-state index >= 15 is 0 Å². The van der Waals surface area contributed by atoms with E-state index in [9.17, 15) is 9.59 Å². The number of pyridine rings is 1. The van der Waals surface area contributed by atoms with Crippen LogP contribution in [-0.2, 0) is 0 Å². The van der Waals surface area contributed by atoms with E-state index < -0.39 is 5.97 Å². The molecule has 0 bridgehead atoms. The number of hydrogen-bond donors (Lipinski definition) is 1. The Morgan fingerprint density at radius 3 is 2.50 bits per heavy atom. The van der Waals surface area contributed by atoms with Crippen LogP contribution in [-0.4, -0.2) is 28.5 Å². The van der Waals surface area contributed by atoms with Crippen LogP contribution in [0.25, 0.3) is 5.82 Å². The van der Waals surface area contributed by atoms with Crippen molar-refractivity contribution >= 4 is 11.9 Å². The second-order valence-electron chi connectivity index (χ2n) is 4.99. The second-order valence-corrected chi connectivity index (χ2v) is 4.99. The van der Waals surface area contributed by atoms with Gasteiger partial charge in [-0.15, -0.1) is 0 Å². The molecule has 1 aromatic carbocycles. The molecule has 0 unspecified atom stereocenters. The summed E-state index contributed by atoms with van der Waals surface area (Å²) in [5, 5.41) is 2.52. The van der Waals surface area contributed by atoms with Gasteiger partial charge in [-0.25, -0.2) is 9.78 Å². The smallest absolute Gasteiger partial charge is 0.345 e. The lowest BCUT2D eigenvalue weighted by Gasteiger charge is -2.07. The summed E-state index contributed by atoms with van der Waals surface area (Å²) in [5.74, 6) is 0.231. The first-order valence-electron chi connectivity index (χ1n) is 7.31. The Bertz CT molecular complexity index is 855. The number of nitrogens with zero attached hydrogens (tertiary/aromatic N) is 2. The summed E-state index contributed by atoms with van der Waals surface area (Å²) in [5.41, 5.74) is 0.750. The molecule has 0 aliphatic carbocycles. The molecule has 0 aliphatic heterocycles. The van der Waals surface area contributed by atoms with Gasteiger partial charge in [0.15, 0.2) is 0 Å². The number of esters is 1. The van der Waals surface area contributed by atoms with Gasteiger partial charge in [-0.3, -0.25) is 4.79 Å². The Labute approximate surface area is 138 Å². The van der Waals surface area contributed by atoms with Crippen LogP contribution in [0.1, 0.15) is 20.7 Å². The summed E-state index contributed by atoms with van der Waals surface area (Å²) in [6.07, 6.45) is 5.19. The molecule has 3 aromatic rings. The highest BCUT2D eigenvalue weighted by molar-refractivity contribution is 5.95. The molecule has 24 heavy (non-hydrogen) atoms. The van der Waals surface area contributed by atoms with Crippen LogP contribution >= 0.6 is 0 Å². The number of hydrogen-bond acceptors (Lipinski definition) is 4. The Morgan fingerprint density at radius 2 is 1.83 bits per heavy atom. The van der Waals surface area contributed by atoms with Gasteiger partial charge < -0.3 is 14.6 Å². The Hall–Kier alpha value is -3.41. The molecule has 0 aliphatic rings. The van der Waals surface area contributed by atoms with Crippen molar-refractivity contribution in [3.63, 3.8) is 0 Å². The van der Waals surface area contributed by atoms with Crippen LogP contribution < -0.4 is 10.1 Å². The van der Waals surface area contributed by atoms with Crippen molar-refractivity contribution in [2.75, 3.05) is 7.05 Å². The lowest BCUT2D eigenvalue weighted by Crippen LogP contribution is -2.18. The van der Waals surface area contributed by atoms with E-state index in [0.29, 0.717) is 22.7 Å². The van der Waals surface area contributed by atoms with Gasteiger partial charge in [0.05, 0.1) is 5.56 Å². The van der Waals surface area contributed by atoms with Crippen LogP contribution in [0.3, 0.4) is 0 Å². The van der Waals surface area contributed by atoms with Crippen molar-refractivity contribution in [3.05, 3.63) is 78.2 Å². The van der Waals surface area contributed by atoms with Gasteiger partial charge in [0.1, 0.15) is 11.6 Å². The predicted molar refractivity (Wildman–Crippen MR) is 88.4 cm³/mol. The number of carbonyl (C=O) groups is 2. The van der Waals surface area contributed by atoms with Crippen LogP contribution in [0.15, 0.2) is 67.1 Å². The average molecular weight is 321 g/mol. The molecule has 120 valence electrons. The molecule has 1 N–H and O–H groups in total. The molecule has 0 atom stereocenters. The first kappa shape index (κ1) is 15.5. The van der Waals surface area contributed by atoms with Crippen molar-refractivity contribution in [2.45, 2.75) is 0 Å². The van der Waals surface area contributed by atoms with Crippen LogP contribution in [0, 0.1) is 0 Å². The first-order valence-corrected chi connectivity index (χ1v) is 7.31. The maximum Gasteiger partial charge on any atom is 0.345 e. The second kappa shape index (κ2) is 6.78. The topological polar surface area (TPSA) is 73.2 Å². The monoisotopic (exact) mass is 321 g/mol. The van der Waals surface area contributed by atoms with E-state index in [2.05, 4.69) is 10.3 Å². The first-order chi connectivity index (χ1) is 11.7. The zero-order valence-electron chi connectivity index (χ0n) is 13.0. The number of nitrogens with one attached hydrogen (secondary N) is 1. The predicted octanol–water partition coefficient (Wildman–Crippen LogP) is 2.45. The van der Waals surface area contributed by atoms with Gasteiger partial charge in [-0.2, -0.15) is 0 Å². The average Bonchev–Trinajstić information content (AvgIpc) is 3.16. The lowest BCUT2D eigenvalue weighted by molar-refractivity contribution is 0.0733. The maximum atomic E-state index is 12.2. The van der Waals surface area contributed by atoms with Crippen LogP contribution in [0.2, 0.25) is 0 Å². The highest BCUT2D eigenvalue weighted by Gasteiger charge is 2.11. The fourth-order valence-corrected chi connectivity index (χ4v) is 2.16. The van der Waals surface area contributed by atoms with E-state index in [1.165, 1.54) is 12.3 Å². The summed E-state index contributed by atoms with van der Waals surface area (Å²) in [4.78, 5) is 28.0. The number of benzene rings is 1. The molecule has 3 rings (SSSR count). The van der Waals surface area contributed by atoms with Gasteiger partial charge in [-0.1, -0.05) is 6.07 Å². The van der Waals surface area contributed by atoms with Crippen LogP contribution in [0.5, 0.6) is 5.75 Å². The van der Waals surface area contributed by atoms with Gasteiger partial charge in [0.25, 0.3) is 5.91 Å². The molecule has 0 saturated carbocycles. The standard InChI is InChI=1S/C18H15N3O3/c1-19-17(22)13-5-4-6-15(11-13)24-18(23)14-7-8-16(20-12-14)21-9-2-3-10-21/h2-12H,1H3,(H,19,22). The highest BCUT2D eigenvalue weighted by Crippen LogP contribution is 2.15. The molecule has 2 aromatic heterocycles. The number of carbonyl (C=O) groups excluding carboxylic acids is 2. The third kappa shape index (κ3) is 3.33. The van der Waals surface area contributed by atoms with Crippen molar-refractivity contribution in [1.29, 1.82) is 0 Å². The summed E-state index contributed by atoms with van der Waals surface area (Å²) in [7, 11) is 1.54. The fraction of sp³-hybridized carbons (Fsp3) is 0.0556. The molecule has 0 radical (unpaired) electrons. The van der Waals surface area contributed by atoms with E-state index in [4.69, 9.17) is 4.74 Å².